The molecule has 1 amide bonds. The highest BCUT2D eigenvalue weighted by molar-refractivity contribution is 7.51. The van der Waals surface area contributed by atoms with Crippen LogP contribution in [-0.2, 0) is 13.9 Å². The summed E-state index contributed by atoms with van der Waals surface area (Å²) in [6, 6.07) is 13.4. The van der Waals surface area contributed by atoms with Crippen LogP contribution in [-0.4, -0.2) is 36.0 Å². The van der Waals surface area contributed by atoms with E-state index in [-0.39, 0.29) is 17.9 Å². The zero-order chi connectivity index (χ0) is 19.8. The first-order chi connectivity index (χ1) is 12.7. The molecule has 3 atom stereocenters. The second-order valence-electron chi connectivity index (χ2n) is 6.69. The molecule has 0 aliphatic heterocycles. The van der Waals surface area contributed by atoms with Gasteiger partial charge in [-0.1, -0.05) is 53.5 Å². The molecule has 1 aliphatic carbocycles. The molecular weight excluding hydrogens is 408 g/mol. The molecule has 2 aromatic carbocycles. The van der Waals surface area contributed by atoms with Crippen molar-refractivity contribution >= 4 is 36.7 Å². The van der Waals surface area contributed by atoms with Crippen molar-refractivity contribution in [2.45, 2.75) is 18.4 Å². The lowest BCUT2D eigenvalue weighted by Crippen LogP contribution is -2.33. The van der Waals surface area contributed by atoms with Gasteiger partial charge in [-0.15, -0.1) is 0 Å². The summed E-state index contributed by atoms with van der Waals surface area (Å²) in [6.07, 6.45) is 0.683. The van der Waals surface area contributed by atoms with E-state index in [4.69, 9.17) is 27.7 Å². The first kappa shape index (κ1) is 20.4. The maximum Gasteiger partial charge on any atom is 0.325 e. The van der Waals surface area contributed by atoms with Crippen molar-refractivity contribution in [3.05, 3.63) is 69.2 Å². The molecule has 0 saturated carbocycles. The van der Waals surface area contributed by atoms with E-state index in [1.807, 2.05) is 36.4 Å². The number of nitrogens with zero attached hydrogens (tertiary/aromatic N) is 1. The molecule has 0 saturated heterocycles. The normalized spacial score (nSPS) is 20.8. The molecule has 5 nitrogen and oxygen atoms in total. The number of rotatable bonds is 5. The quantitative estimate of drug-likeness (QED) is 0.691. The SMILES string of the molecule is CN(C(=O)COP(C)(=O)O)[C@@H]1C[C@@H](c2ccc(Cl)c(Cl)c2)c2ccccc21. The molecule has 0 aromatic heterocycles. The predicted molar refractivity (Wildman–Crippen MR) is 107 cm³/mol. The zero-order valence-electron chi connectivity index (χ0n) is 14.9. The molecule has 2 aromatic rings. The smallest absolute Gasteiger partial charge is 0.325 e. The summed E-state index contributed by atoms with van der Waals surface area (Å²) in [6.45, 7) is 0.627. The Balaban J connectivity index is 1.87. The van der Waals surface area contributed by atoms with Crippen LogP contribution in [0.15, 0.2) is 42.5 Å². The van der Waals surface area contributed by atoms with Crippen molar-refractivity contribution in [2.75, 3.05) is 20.3 Å². The van der Waals surface area contributed by atoms with Crippen LogP contribution in [0.25, 0.3) is 0 Å². The van der Waals surface area contributed by atoms with Crippen LogP contribution in [0.2, 0.25) is 10.0 Å². The molecule has 1 aliphatic rings. The van der Waals surface area contributed by atoms with Crippen molar-refractivity contribution in [1.29, 1.82) is 0 Å². The van der Waals surface area contributed by atoms with Crippen molar-refractivity contribution in [3.63, 3.8) is 0 Å². The summed E-state index contributed by atoms with van der Waals surface area (Å²) >= 11 is 12.2. The molecule has 144 valence electrons. The molecule has 0 radical (unpaired) electrons. The second-order valence-corrected chi connectivity index (χ2v) is 9.37. The Kier molecular flexibility index (Phi) is 5.99. The van der Waals surface area contributed by atoms with Gasteiger partial charge in [0.25, 0.3) is 0 Å². The number of halogens is 2. The van der Waals surface area contributed by atoms with Gasteiger partial charge in [-0.2, -0.15) is 0 Å². The van der Waals surface area contributed by atoms with Crippen LogP contribution in [0.4, 0.5) is 0 Å². The minimum absolute atomic E-state index is 0.0762. The van der Waals surface area contributed by atoms with Crippen LogP contribution in [0.5, 0.6) is 0 Å². The van der Waals surface area contributed by atoms with Crippen molar-refractivity contribution in [2.24, 2.45) is 0 Å². The molecule has 0 bridgehead atoms. The van der Waals surface area contributed by atoms with Crippen LogP contribution in [0.1, 0.15) is 35.1 Å². The van der Waals surface area contributed by atoms with Gasteiger partial charge in [0, 0.05) is 19.6 Å². The van der Waals surface area contributed by atoms with Gasteiger partial charge in [0.05, 0.1) is 16.1 Å². The van der Waals surface area contributed by atoms with E-state index in [1.54, 1.807) is 18.0 Å². The summed E-state index contributed by atoms with van der Waals surface area (Å²) in [7, 11) is -2.02. The van der Waals surface area contributed by atoms with Gasteiger partial charge in [0.15, 0.2) is 0 Å². The molecule has 0 heterocycles. The highest BCUT2D eigenvalue weighted by atomic mass is 35.5. The van der Waals surface area contributed by atoms with E-state index < -0.39 is 14.2 Å². The molecule has 0 fully saturated rings. The van der Waals surface area contributed by atoms with Gasteiger partial charge in [0.2, 0.25) is 5.91 Å². The van der Waals surface area contributed by atoms with E-state index in [0.717, 1.165) is 23.4 Å². The predicted octanol–water partition coefficient (Wildman–Crippen LogP) is 4.86. The summed E-state index contributed by atoms with van der Waals surface area (Å²) in [4.78, 5) is 23.3. The van der Waals surface area contributed by atoms with Gasteiger partial charge in [-0.25, -0.2) is 0 Å². The topological polar surface area (TPSA) is 66.8 Å². The van der Waals surface area contributed by atoms with Gasteiger partial charge in [0.1, 0.15) is 6.61 Å². The Morgan fingerprint density at radius 2 is 1.89 bits per heavy atom. The Morgan fingerprint density at radius 3 is 2.52 bits per heavy atom. The van der Waals surface area contributed by atoms with E-state index >= 15 is 0 Å². The summed E-state index contributed by atoms with van der Waals surface area (Å²) in [5.41, 5.74) is 3.21. The number of carbonyl (C=O) groups is 1. The average Bonchev–Trinajstić information content (AvgIpc) is 3.00. The fraction of sp³-hybridized carbons (Fsp3) is 0.316. The third kappa shape index (κ3) is 4.56. The number of fused-ring (bicyclic) bond motifs is 1. The number of carbonyl (C=O) groups excluding carboxylic acids is 1. The lowest BCUT2D eigenvalue weighted by atomic mass is 9.93. The molecule has 0 spiro atoms. The molecule has 1 unspecified atom stereocenters. The van der Waals surface area contributed by atoms with Crippen LogP contribution >= 0.6 is 30.8 Å². The summed E-state index contributed by atoms with van der Waals surface area (Å²) in [5.74, 6) is -0.270. The van der Waals surface area contributed by atoms with Crippen molar-refractivity contribution < 1.29 is 18.8 Å². The molecule has 27 heavy (non-hydrogen) atoms. The van der Waals surface area contributed by atoms with E-state index in [1.165, 1.54) is 0 Å². The lowest BCUT2D eigenvalue weighted by molar-refractivity contribution is -0.134. The number of amides is 1. The van der Waals surface area contributed by atoms with Gasteiger partial charge in [-0.3, -0.25) is 13.9 Å². The summed E-state index contributed by atoms with van der Waals surface area (Å²) < 4.78 is 16.1. The van der Waals surface area contributed by atoms with Gasteiger partial charge in [-0.05, 0) is 35.2 Å². The second kappa shape index (κ2) is 7.94. The maximum absolute atomic E-state index is 12.5. The minimum Gasteiger partial charge on any atom is -0.337 e. The van der Waals surface area contributed by atoms with E-state index in [0.29, 0.717) is 16.5 Å². The van der Waals surface area contributed by atoms with Crippen LogP contribution < -0.4 is 0 Å². The zero-order valence-corrected chi connectivity index (χ0v) is 17.3. The number of hydrogen-bond acceptors (Lipinski definition) is 3. The Morgan fingerprint density at radius 1 is 1.22 bits per heavy atom. The van der Waals surface area contributed by atoms with Crippen LogP contribution in [0.3, 0.4) is 0 Å². The largest absolute Gasteiger partial charge is 0.337 e. The third-order valence-electron chi connectivity index (χ3n) is 4.82. The molecule has 1 N–H and O–H groups in total. The first-order valence-corrected chi connectivity index (χ1v) is 11.2. The van der Waals surface area contributed by atoms with E-state index in [2.05, 4.69) is 0 Å². The number of hydrogen-bond donors (Lipinski definition) is 1. The Bertz CT molecular complexity index is 914. The maximum atomic E-state index is 12.5. The molecule has 3 rings (SSSR count). The highest BCUT2D eigenvalue weighted by Gasteiger charge is 2.36. The van der Waals surface area contributed by atoms with Gasteiger partial charge < -0.3 is 9.79 Å². The fourth-order valence-corrected chi connectivity index (χ4v) is 4.13. The standard InChI is InChI=1S/C19H20Cl2NO4P/c1-22(19(23)11-26-27(2,24)25)18-10-15(13-5-3-4-6-14(13)18)12-7-8-16(20)17(21)9-12/h3-9,15,18H,10-11H2,1-2H3,(H,24,25)/t15-,18+/m0/s1. The van der Waals surface area contributed by atoms with E-state index in [9.17, 15) is 14.3 Å². The van der Waals surface area contributed by atoms with Gasteiger partial charge >= 0.3 is 7.60 Å². The number of benzene rings is 2. The van der Waals surface area contributed by atoms with Crippen LogP contribution in [0, 0.1) is 0 Å². The third-order valence-corrected chi connectivity index (χ3v) is 6.17. The van der Waals surface area contributed by atoms with Crippen molar-refractivity contribution in [1.82, 2.24) is 4.90 Å². The van der Waals surface area contributed by atoms with Crippen molar-refractivity contribution in [3.8, 4) is 0 Å². The fourth-order valence-electron chi connectivity index (χ4n) is 3.47. The monoisotopic (exact) mass is 427 g/mol. The Labute approximate surface area is 168 Å². The molecular formula is C19H20Cl2NO4P. The first-order valence-electron chi connectivity index (χ1n) is 8.41. The lowest BCUT2D eigenvalue weighted by Gasteiger charge is -2.26. The Hall–Kier alpha value is -1.36. The average molecular weight is 428 g/mol. The minimum atomic E-state index is -3.70. The number of likely N-dealkylation sites (N-methyl/N-ethyl adjacent to an activating group) is 1. The molecule has 8 heteroatoms. The highest BCUT2D eigenvalue weighted by Crippen LogP contribution is 2.47. The summed E-state index contributed by atoms with van der Waals surface area (Å²) in [5, 5.41) is 0.996.